The first-order chi connectivity index (χ1) is 10.1. The van der Waals surface area contributed by atoms with E-state index in [9.17, 15) is 9.18 Å². The fourth-order valence-electron chi connectivity index (χ4n) is 3.08. The first-order valence-corrected chi connectivity index (χ1v) is 7.63. The number of rotatable bonds is 5. The van der Waals surface area contributed by atoms with E-state index in [-0.39, 0.29) is 29.8 Å². The van der Waals surface area contributed by atoms with E-state index in [0.717, 1.165) is 6.42 Å². The molecule has 116 valence electrons. The molecule has 0 aliphatic carbocycles. The SMILES string of the molecule is CCC(N)C(c1ccccc1F)N1CCNC(=O)C1CC. The zero-order chi connectivity index (χ0) is 15.4. The Labute approximate surface area is 125 Å². The summed E-state index contributed by atoms with van der Waals surface area (Å²) in [5.74, 6) is -0.249. The molecule has 3 atom stereocenters. The molecule has 4 nitrogen and oxygen atoms in total. The van der Waals surface area contributed by atoms with Crippen LogP contribution in [0.1, 0.15) is 38.3 Å². The summed E-state index contributed by atoms with van der Waals surface area (Å²) >= 11 is 0. The quantitative estimate of drug-likeness (QED) is 0.870. The van der Waals surface area contributed by atoms with E-state index in [1.807, 2.05) is 19.9 Å². The van der Waals surface area contributed by atoms with Gasteiger partial charge in [-0.3, -0.25) is 9.69 Å². The van der Waals surface area contributed by atoms with Gasteiger partial charge in [0.1, 0.15) is 5.82 Å². The van der Waals surface area contributed by atoms with E-state index >= 15 is 0 Å². The second-order valence-electron chi connectivity index (χ2n) is 5.49. The molecular formula is C16H24FN3O. The van der Waals surface area contributed by atoms with E-state index in [1.54, 1.807) is 12.1 Å². The molecule has 0 aromatic heterocycles. The molecule has 1 saturated heterocycles. The van der Waals surface area contributed by atoms with Gasteiger partial charge >= 0.3 is 0 Å². The Kier molecular flexibility index (Phi) is 5.31. The third kappa shape index (κ3) is 3.24. The van der Waals surface area contributed by atoms with Gasteiger partial charge in [-0.15, -0.1) is 0 Å². The predicted molar refractivity (Wildman–Crippen MR) is 81.2 cm³/mol. The third-order valence-electron chi connectivity index (χ3n) is 4.22. The highest BCUT2D eigenvalue weighted by molar-refractivity contribution is 5.82. The molecule has 3 N–H and O–H groups in total. The molecule has 1 aromatic rings. The molecule has 2 rings (SSSR count). The lowest BCUT2D eigenvalue weighted by Crippen LogP contribution is -2.58. The Balaban J connectivity index is 2.40. The minimum absolute atomic E-state index is 0.00777. The second-order valence-corrected chi connectivity index (χ2v) is 5.49. The highest BCUT2D eigenvalue weighted by atomic mass is 19.1. The summed E-state index contributed by atoms with van der Waals surface area (Å²) in [5.41, 5.74) is 6.85. The van der Waals surface area contributed by atoms with Gasteiger partial charge in [0.2, 0.25) is 5.91 Å². The highest BCUT2D eigenvalue weighted by Crippen LogP contribution is 2.30. The average Bonchev–Trinajstić information content (AvgIpc) is 2.49. The van der Waals surface area contributed by atoms with E-state index in [1.165, 1.54) is 6.07 Å². The molecule has 3 unspecified atom stereocenters. The molecule has 5 heteroatoms. The number of nitrogens with one attached hydrogen (secondary N) is 1. The van der Waals surface area contributed by atoms with E-state index in [0.29, 0.717) is 25.1 Å². The minimum Gasteiger partial charge on any atom is -0.353 e. The zero-order valence-electron chi connectivity index (χ0n) is 12.7. The largest absolute Gasteiger partial charge is 0.353 e. The average molecular weight is 293 g/mol. The fraction of sp³-hybridized carbons (Fsp3) is 0.562. The lowest BCUT2D eigenvalue weighted by molar-refractivity contribution is -0.130. The van der Waals surface area contributed by atoms with Crippen molar-refractivity contribution in [2.75, 3.05) is 13.1 Å². The van der Waals surface area contributed by atoms with Gasteiger partial charge in [0.25, 0.3) is 0 Å². The third-order valence-corrected chi connectivity index (χ3v) is 4.22. The van der Waals surface area contributed by atoms with Crippen LogP contribution in [-0.4, -0.2) is 36.0 Å². The van der Waals surface area contributed by atoms with Crippen LogP contribution in [-0.2, 0) is 4.79 Å². The van der Waals surface area contributed by atoms with Crippen LogP contribution >= 0.6 is 0 Å². The molecule has 1 aromatic carbocycles. The topological polar surface area (TPSA) is 58.4 Å². The van der Waals surface area contributed by atoms with Crippen molar-refractivity contribution in [1.82, 2.24) is 10.2 Å². The normalized spacial score (nSPS) is 22.7. The Hall–Kier alpha value is -1.46. The highest BCUT2D eigenvalue weighted by Gasteiger charge is 2.37. The minimum atomic E-state index is -0.271. The number of piperazine rings is 1. The van der Waals surface area contributed by atoms with Gasteiger partial charge in [0, 0.05) is 24.7 Å². The lowest BCUT2D eigenvalue weighted by Gasteiger charge is -2.42. The van der Waals surface area contributed by atoms with Gasteiger partial charge in [0.05, 0.1) is 12.1 Å². The standard InChI is InChI=1S/C16H24FN3O/c1-3-13(18)15(11-7-5-6-8-12(11)17)20-10-9-19-16(21)14(20)4-2/h5-8,13-15H,3-4,9-10,18H2,1-2H3,(H,19,21). The Morgan fingerprint density at radius 2 is 2.14 bits per heavy atom. The predicted octanol–water partition coefficient (Wildman–Crippen LogP) is 1.81. The maximum absolute atomic E-state index is 14.2. The molecule has 1 aliphatic heterocycles. The molecule has 1 amide bonds. The van der Waals surface area contributed by atoms with Crippen LogP contribution in [0.15, 0.2) is 24.3 Å². The Morgan fingerprint density at radius 1 is 1.43 bits per heavy atom. The summed E-state index contributed by atoms with van der Waals surface area (Å²) in [6.07, 6.45) is 1.42. The van der Waals surface area contributed by atoms with Crippen LogP contribution in [0.4, 0.5) is 4.39 Å². The maximum Gasteiger partial charge on any atom is 0.237 e. The summed E-state index contributed by atoms with van der Waals surface area (Å²) < 4.78 is 14.2. The molecule has 21 heavy (non-hydrogen) atoms. The van der Waals surface area contributed by atoms with Crippen LogP contribution in [0.2, 0.25) is 0 Å². The molecular weight excluding hydrogens is 269 g/mol. The first-order valence-electron chi connectivity index (χ1n) is 7.63. The van der Waals surface area contributed by atoms with Gasteiger partial charge in [-0.05, 0) is 18.9 Å². The molecule has 1 fully saturated rings. The molecule has 0 bridgehead atoms. The summed E-state index contributed by atoms with van der Waals surface area (Å²) in [4.78, 5) is 14.1. The number of carbonyl (C=O) groups is 1. The van der Waals surface area contributed by atoms with Gasteiger partial charge in [-0.1, -0.05) is 32.0 Å². The number of benzene rings is 1. The van der Waals surface area contributed by atoms with Gasteiger partial charge in [-0.2, -0.15) is 0 Å². The molecule has 0 radical (unpaired) electrons. The summed E-state index contributed by atoms with van der Waals surface area (Å²) in [7, 11) is 0. The number of halogens is 1. The van der Waals surface area contributed by atoms with Crippen molar-refractivity contribution in [3.63, 3.8) is 0 Å². The Morgan fingerprint density at radius 3 is 2.76 bits per heavy atom. The second kappa shape index (κ2) is 7.00. The fourth-order valence-corrected chi connectivity index (χ4v) is 3.08. The van der Waals surface area contributed by atoms with Crippen LogP contribution in [0.5, 0.6) is 0 Å². The zero-order valence-corrected chi connectivity index (χ0v) is 12.7. The molecule has 1 heterocycles. The summed E-state index contributed by atoms with van der Waals surface area (Å²) in [6, 6.07) is 5.99. The number of hydrogen-bond donors (Lipinski definition) is 2. The van der Waals surface area contributed by atoms with Crippen LogP contribution in [0.25, 0.3) is 0 Å². The van der Waals surface area contributed by atoms with E-state index in [2.05, 4.69) is 10.2 Å². The smallest absolute Gasteiger partial charge is 0.237 e. The Bertz CT molecular complexity index is 494. The van der Waals surface area contributed by atoms with Gasteiger partial charge in [-0.25, -0.2) is 4.39 Å². The lowest BCUT2D eigenvalue weighted by atomic mass is 9.93. The van der Waals surface area contributed by atoms with Crippen LogP contribution < -0.4 is 11.1 Å². The number of nitrogens with zero attached hydrogens (tertiary/aromatic N) is 1. The summed E-state index contributed by atoms with van der Waals surface area (Å²) in [6.45, 7) is 5.23. The number of hydrogen-bond acceptors (Lipinski definition) is 3. The van der Waals surface area contributed by atoms with Gasteiger partial charge < -0.3 is 11.1 Å². The van der Waals surface area contributed by atoms with Gasteiger partial charge in [0.15, 0.2) is 0 Å². The van der Waals surface area contributed by atoms with Crippen molar-refractivity contribution in [1.29, 1.82) is 0 Å². The van der Waals surface area contributed by atoms with Crippen molar-refractivity contribution < 1.29 is 9.18 Å². The monoisotopic (exact) mass is 293 g/mol. The summed E-state index contributed by atoms with van der Waals surface area (Å²) in [5, 5.41) is 2.88. The van der Waals surface area contributed by atoms with Crippen molar-refractivity contribution in [3.05, 3.63) is 35.6 Å². The van der Waals surface area contributed by atoms with Crippen molar-refractivity contribution in [2.45, 2.75) is 44.8 Å². The molecule has 1 aliphatic rings. The first kappa shape index (κ1) is 15.9. The molecule has 0 spiro atoms. The van der Waals surface area contributed by atoms with Crippen LogP contribution in [0, 0.1) is 5.82 Å². The van der Waals surface area contributed by atoms with Crippen molar-refractivity contribution >= 4 is 5.91 Å². The van der Waals surface area contributed by atoms with Crippen molar-refractivity contribution in [3.8, 4) is 0 Å². The van der Waals surface area contributed by atoms with Crippen molar-refractivity contribution in [2.24, 2.45) is 5.73 Å². The van der Waals surface area contributed by atoms with Crippen LogP contribution in [0.3, 0.4) is 0 Å². The number of amides is 1. The number of carbonyl (C=O) groups excluding carboxylic acids is 1. The maximum atomic E-state index is 14.2. The molecule has 0 saturated carbocycles. The van der Waals surface area contributed by atoms with E-state index < -0.39 is 0 Å². The number of nitrogens with two attached hydrogens (primary N) is 1. The van der Waals surface area contributed by atoms with E-state index in [4.69, 9.17) is 5.73 Å².